The Balaban J connectivity index is 1.36. The van der Waals surface area contributed by atoms with Crippen LogP contribution in [0.25, 0.3) is 22.5 Å². The lowest BCUT2D eigenvalue weighted by atomic mass is 10.0. The topological polar surface area (TPSA) is 123 Å². The number of aromatic nitrogens is 2. The summed E-state index contributed by atoms with van der Waals surface area (Å²) in [5, 5.41) is 15.0. The molecule has 3 aromatic carbocycles. The Morgan fingerprint density at radius 3 is 2.04 bits per heavy atom. The highest BCUT2D eigenvalue weighted by atomic mass is 19.4. The number of halogens is 3. The molecule has 4 aromatic rings. The number of amides is 1. The van der Waals surface area contributed by atoms with Crippen molar-refractivity contribution in [3.05, 3.63) is 96.3 Å². The maximum absolute atomic E-state index is 12.9. The van der Waals surface area contributed by atoms with Crippen molar-refractivity contribution in [3.63, 3.8) is 0 Å². The van der Waals surface area contributed by atoms with E-state index in [0.717, 1.165) is 46.6 Å². The van der Waals surface area contributed by atoms with Gasteiger partial charge in [-0.1, -0.05) is 69.0 Å². The molecule has 0 aliphatic carbocycles. The Labute approximate surface area is 283 Å². The van der Waals surface area contributed by atoms with E-state index in [0.29, 0.717) is 18.9 Å². The van der Waals surface area contributed by atoms with Crippen LogP contribution in [-0.4, -0.2) is 58.5 Å². The highest BCUT2D eigenvalue weighted by molar-refractivity contribution is 5.94. The zero-order chi connectivity index (χ0) is 35.2. The normalized spacial score (nSPS) is 12.6. The number of benzene rings is 3. The first-order valence-electron chi connectivity index (χ1n) is 16.3. The first-order valence-corrected chi connectivity index (χ1v) is 16.3. The van der Waals surface area contributed by atoms with Crippen LogP contribution in [0.15, 0.2) is 85.2 Å². The summed E-state index contributed by atoms with van der Waals surface area (Å²) in [6.07, 6.45) is 4.97. The maximum atomic E-state index is 12.9. The molecule has 0 saturated carbocycles. The van der Waals surface area contributed by atoms with E-state index in [2.05, 4.69) is 32.3 Å². The van der Waals surface area contributed by atoms with Gasteiger partial charge in [0.05, 0.1) is 6.61 Å². The maximum Gasteiger partial charge on any atom is 0.573 e. The number of rotatable bonds is 18. The van der Waals surface area contributed by atoms with Gasteiger partial charge in [0.15, 0.2) is 5.82 Å². The molecular weight excluding hydrogens is 637 g/mol. The number of nitrogens with zero attached hydrogens (tertiary/aromatic N) is 2. The summed E-state index contributed by atoms with van der Waals surface area (Å²) in [5.41, 5.74) is 3.61. The number of ether oxygens (including phenoxy) is 2. The van der Waals surface area contributed by atoms with Crippen molar-refractivity contribution in [2.75, 3.05) is 13.2 Å². The van der Waals surface area contributed by atoms with Gasteiger partial charge in [-0.3, -0.25) is 9.59 Å². The smallest absolute Gasteiger partial charge is 0.494 e. The minimum atomic E-state index is -4.85. The lowest BCUT2D eigenvalue weighted by Crippen LogP contribution is -2.47. The number of carbonyl (C=O) groups is 2. The van der Waals surface area contributed by atoms with E-state index in [1.54, 1.807) is 12.4 Å². The molecule has 0 aliphatic heterocycles. The summed E-state index contributed by atoms with van der Waals surface area (Å²) in [4.78, 5) is 33.4. The molecule has 0 bridgehead atoms. The number of aliphatic carboxylic acids is 1. The van der Waals surface area contributed by atoms with Crippen molar-refractivity contribution in [3.8, 4) is 34.0 Å². The first-order chi connectivity index (χ1) is 23.5. The number of carbonyl (C=O) groups excluding carboxylic acids is 1. The van der Waals surface area contributed by atoms with Gasteiger partial charge < -0.3 is 25.2 Å². The monoisotopic (exact) mass is 678 g/mol. The van der Waals surface area contributed by atoms with Gasteiger partial charge >= 0.3 is 12.3 Å². The summed E-state index contributed by atoms with van der Waals surface area (Å²) < 4.78 is 47.2. The third-order valence-corrected chi connectivity index (χ3v) is 7.78. The Morgan fingerprint density at radius 2 is 1.43 bits per heavy atom. The van der Waals surface area contributed by atoms with E-state index in [1.165, 1.54) is 44.7 Å². The molecule has 1 amide bonds. The van der Waals surface area contributed by atoms with E-state index < -0.39 is 36.1 Å². The van der Waals surface area contributed by atoms with Crippen molar-refractivity contribution in [2.24, 2.45) is 0 Å². The Kier molecular flexibility index (Phi) is 13.5. The minimum absolute atomic E-state index is 0.124. The van der Waals surface area contributed by atoms with Crippen LogP contribution < -0.4 is 20.1 Å². The minimum Gasteiger partial charge on any atom is -0.494 e. The van der Waals surface area contributed by atoms with Crippen molar-refractivity contribution in [1.82, 2.24) is 20.6 Å². The molecule has 1 heterocycles. The van der Waals surface area contributed by atoms with E-state index in [1.807, 2.05) is 48.5 Å². The molecule has 12 heteroatoms. The largest absolute Gasteiger partial charge is 0.573 e. The third-order valence-electron chi connectivity index (χ3n) is 7.78. The fourth-order valence-corrected chi connectivity index (χ4v) is 5.00. The molecule has 0 unspecified atom stereocenters. The quantitative estimate of drug-likeness (QED) is 0.0928. The van der Waals surface area contributed by atoms with Crippen LogP contribution in [0.1, 0.15) is 61.9 Å². The van der Waals surface area contributed by atoms with Gasteiger partial charge in [0.1, 0.15) is 17.5 Å². The molecule has 0 spiro atoms. The number of nitrogens with one attached hydrogen (secondary N) is 2. The molecule has 260 valence electrons. The Hall–Kier alpha value is -4.97. The van der Waals surface area contributed by atoms with Crippen molar-refractivity contribution < 1.29 is 37.3 Å². The van der Waals surface area contributed by atoms with Gasteiger partial charge in [0, 0.05) is 41.7 Å². The first kappa shape index (κ1) is 36.9. The molecule has 0 radical (unpaired) electrons. The SMILES string of the molecule is CCCCCCCOc1ccc(-c2cnc(-c3ccc(C[C@@H](CN[C@H](C)C(=O)O)NC(=O)c4ccc(OC(F)(F)F)cc4)cc3)nc2)cc1. The second kappa shape index (κ2) is 18.0. The van der Waals surface area contributed by atoms with Crippen LogP contribution in [0.5, 0.6) is 11.5 Å². The van der Waals surface area contributed by atoms with Crippen LogP contribution in [0.2, 0.25) is 0 Å². The summed E-state index contributed by atoms with van der Waals surface area (Å²) in [5.74, 6) is -0.648. The molecule has 3 N–H and O–H groups in total. The zero-order valence-electron chi connectivity index (χ0n) is 27.5. The molecule has 0 fully saturated rings. The van der Waals surface area contributed by atoms with Gasteiger partial charge in [-0.05, 0) is 67.3 Å². The van der Waals surface area contributed by atoms with E-state index in [9.17, 15) is 27.9 Å². The van der Waals surface area contributed by atoms with Gasteiger partial charge in [0.25, 0.3) is 5.91 Å². The number of unbranched alkanes of at least 4 members (excludes halogenated alkanes) is 4. The molecule has 4 rings (SSSR count). The lowest BCUT2D eigenvalue weighted by molar-refractivity contribution is -0.274. The lowest BCUT2D eigenvalue weighted by Gasteiger charge is -2.21. The van der Waals surface area contributed by atoms with Gasteiger partial charge in [0.2, 0.25) is 0 Å². The molecule has 9 nitrogen and oxygen atoms in total. The average molecular weight is 679 g/mol. The van der Waals surface area contributed by atoms with Crippen molar-refractivity contribution >= 4 is 11.9 Å². The third kappa shape index (κ3) is 12.2. The molecular formula is C37H41F3N4O5. The second-order valence-corrected chi connectivity index (χ2v) is 11.7. The van der Waals surface area contributed by atoms with E-state index >= 15 is 0 Å². The average Bonchev–Trinajstić information content (AvgIpc) is 3.09. The van der Waals surface area contributed by atoms with Crippen molar-refractivity contribution in [2.45, 2.75) is 70.8 Å². The van der Waals surface area contributed by atoms with Gasteiger partial charge in [-0.25, -0.2) is 9.97 Å². The molecule has 49 heavy (non-hydrogen) atoms. The fraction of sp³-hybridized carbons (Fsp3) is 0.351. The molecule has 2 atom stereocenters. The van der Waals surface area contributed by atoms with Gasteiger partial charge in [-0.15, -0.1) is 13.2 Å². The summed E-state index contributed by atoms with van der Waals surface area (Å²) in [7, 11) is 0. The van der Waals surface area contributed by atoms with Crippen LogP contribution in [0.3, 0.4) is 0 Å². The summed E-state index contributed by atoms with van der Waals surface area (Å²) >= 11 is 0. The van der Waals surface area contributed by atoms with Crippen LogP contribution in [-0.2, 0) is 11.2 Å². The van der Waals surface area contributed by atoms with Gasteiger partial charge in [-0.2, -0.15) is 0 Å². The summed E-state index contributed by atoms with van der Waals surface area (Å²) in [6, 6.07) is 18.5. The number of carboxylic acids is 1. The molecule has 1 aromatic heterocycles. The number of hydrogen-bond acceptors (Lipinski definition) is 7. The van der Waals surface area contributed by atoms with Crippen molar-refractivity contribution in [1.29, 1.82) is 0 Å². The van der Waals surface area contributed by atoms with E-state index in [-0.39, 0.29) is 12.1 Å². The number of alkyl halides is 3. The van der Waals surface area contributed by atoms with Crippen LogP contribution >= 0.6 is 0 Å². The zero-order valence-corrected chi connectivity index (χ0v) is 27.5. The van der Waals surface area contributed by atoms with Crippen LogP contribution in [0, 0.1) is 0 Å². The highest BCUT2D eigenvalue weighted by Crippen LogP contribution is 2.25. The fourth-order valence-electron chi connectivity index (χ4n) is 5.00. The summed E-state index contributed by atoms with van der Waals surface area (Å²) in [6.45, 7) is 4.53. The Bertz CT molecular complexity index is 1610. The molecule has 0 aliphatic rings. The van der Waals surface area contributed by atoms with E-state index in [4.69, 9.17) is 4.74 Å². The number of carboxylic acid groups (broad SMARTS) is 1. The molecule has 0 saturated heterocycles. The Morgan fingerprint density at radius 1 is 0.816 bits per heavy atom. The standard InChI is InChI=1S/C37H41F3N4O5/c1-3-4-5-6-7-20-48-32-16-12-27(13-17-32)30-22-42-34(43-23-30)28-10-8-26(9-11-28)21-31(24-41-25(2)36(46)47)44-35(45)29-14-18-33(19-15-29)49-37(38,39)40/h8-19,22-23,25,31,41H,3-7,20-21,24H2,1-2H3,(H,44,45)(H,46,47)/t25-,31+/m1/s1. The second-order valence-electron chi connectivity index (χ2n) is 11.7. The van der Waals surface area contributed by atoms with Crippen LogP contribution in [0.4, 0.5) is 13.2 Å². The number of hydrogen-bond donors (Lipinski definition) is 3. The predicted octanol–water partition coefficient (Wildman–Crippen LogP) is 7.46. The predicted molar refractivity (Wildman–Crippen MR) is 180 cm³/mol. The highest BCUT2D eigenvalue weighted by Gasteiger charge is 2.31.